The third-order valence-corrected chi connectivity index (χ3v) is 3.13. The Morgan fingerprint density at radius 3 is 3.08 bits per heavy atom. The normalized spacial score (nSPS) is 21.2. The average molecular weight is 243 g/mol. The van der Waals surface area contributed by atoms with Crippen molar-refractivity contribution in [1.82, 2.24) is 4.57 Å². The standard InChI is InChI=1S/C9H11BrN2O/c10-7-2-4-9(13)12-5-6(11)1-3-8(7)12/h2,4,6H,1,3,5,11H2. The van der Waals surface area contributed by atoms with Crippen molar-refractivity contribution in [3.05, 3.63) is 32.7 Å². The summed E-state index contributed by atoms with van der Waals surface area (Å²) in [5, 5.41) is 0. The van der Waals surface area contributed by atoms with Gasteiger partial charge in [-0.25, -0.2) is 0 Å². The molecule has 2 N–H and O–H groups in total. The van der Waals surface area contributed by atoms with Crippen LogP contribution in [0.1, 0.15) is 12.1 Å². The number of pyridine rings is 1. The topological polar surface area (TPSA) is 48.0 Å². The SMILES string of the molecule is NC1CCc2c(Br)ccc(=O)n2C1. The Hall–Kier alpha value is -0.610. The third-order valence-electron chi connectivity index (χ3n) is 2.41. The first-order chi connectivity index (χ1) is 6.18. The fourth-order valence-corrected chi connectivity index (χ4v) is 2.24. The average Bonchev–Trinajstić information content (AvgIpc) is 2.12. The molecule has 1 aliphatic heterocycles. The zero-order valence-electron chi connectivity index (χ0n) is 7.16. The highest BCUT2D eigenvalue weighted by Crippen LogP contribution is 2.20. The van der Waals surface area contributed by atoms with Gasteiger partial charge in [0.1, 0.15) is 0 Å². The minimum absolute atomic E-state index is 0.0494. The first-order valence-electron chi connectivity index (χ1n) is 4.32. The summed E-state index contributed by atoms with van der Waals surface area (Å²) in [5.74, 6) is 0. The van der Waals surface area contributed by atoms with Crippen LogP contribution in [0.2, 0.25) is 0 Å². The Morgan fingerprint density at radius 2 is 2.31 bits per heavy atom. The molecule has 0 saturated carbocycles. The van der Waals surface area contributed by atoms with E-state index in [1.54, 1.807) is 10.6 Å². The van der Waals surface area contributed by atoms with Crippen LogP contribution in [0.4, 0.5) is 0 Å². The van der Waals surface area contributed by atoms with Crippen molar-refractivity contribution >= 4 is 15.9 Å². The first-order valence-corrected chi connectivity index (χ1v) is 5.11. The Bertz CT molecular complexity index is 386. The predicted molar refractivity (Wildman–Crippen MR) is 54.7 cm³/mol. The van der Waals surface area contributed by atoms with Crippen molar-refractivity contribution in [2.75, 3.05) is 0 Å². The van der Waals surface area contributed by atoms with E-state index in [-0.39, 0.29) is 11.6 Å². The second-order valence-electron chi connectivity index (χ2n) is 3.38. The number of nitrogens with two attached hydrogens (primary N) is 1. The van der Waals surface area contributed by atoms with Crippen LogP contribution in [0, 0.1) is 0 Å². The number of nitrogens with zero attached hydrogens (tertiary/aromatic N) is 1. The summed E-state index contributed by atoms with van der Waals surface area (Å²) in [6, 6.07) is 3.51. The van der Waals surface area contributed by atoms with Crippen LogP contribution in [0.3, 0.4) is 0 Å². The van der Waals surface area contributed by atoms with E-state index < -0.39 is 0 Å². The van der Waals surface area contributed by atoms with Gasteiger partial charge >= 0.3 is 0 Å². The van der Waals surface area contributed by atoms with Gasteiger partial charge in [0, 0.05) is 28.8 Å². The molecule has 0 aliphatic carbocycles. The summed E-state index contributed by atoms with van der Waals surface area (Å²) in [6.45, 7) is 0.646. The monoisotopic (exact) mass is 242 g/mol. The van der Waals surface area contributed by atoms with Crippen molar-refractivity contribution in [2.45, 2.75) is 25.4 Å². The molecule has 1 atom stereocenters. The molecule has 2 rings (SSSR count). The van der Waals surface area contributed by atoms with Crippen molar-refractivity contribution < 1.29 is 0 Å². The van der Waals surface area contributed by atoms with Crippen LogP contribution in [0.15, 0.2) is 21.4 Å². The fraction of sp³-hybridized carbons (Fsp3) is 0.444. The van der Waals surface area contributed by atoms with Crippen LogP contribution in [-0.4, -0.2) is 10.6 Å². The van der Waals surface area contributed by atoms with Gasteiger partial charge < -0.3 is 10.3 Å². The highest BCUT2D eigenvalue weighted by Gasteiger charge is 2.17. The van der Waals surface area contributed by atoms with E-state index in [0.717, 1.165) is 23.0 Å². The van der Waals surface area contributed by atoms with Gasteiger partial charge in [-0.15, -0.1) is 0 Å². The lowest BCUT2D eigenvalue weighted by Crippen LogP contribution is -2.38. The van der Waals surface area contributed by atoms with Crippen molar-refractivity contribution in [2.24, 2.45) is 5.73 Å². The number of fused-ring (bicyclic) bond motifs is 1. The Labute approximate surface area is 84.7 Å². The minimum Gasteiger partial charge on any atom is -0.326 e. The first kappa shape index (κ1) is 8.97. The maximum atomic E-state index is 11.4. The third kappa shape index (κ3) is 1.56. The maximum absolute atomic E-state index is 11.4. The summed E-state index contributed by atoms with van der Waals surface area (Å²) >= 11 is 3.44. The van der Waals surface area contributed by atoms with Crippen LogP contribution in [-0.2, 0) is 13.0 Å². The maximum Gasteiger partial charge on any atom is 0.250 e. The molecule has 0 spiro atoms. The molecular formula is C9H11BrN2O. The molecule has 0 amide bonds. The molecule has 0 saturated heterocycles. The van der Waals surface area contributed by atoms with Gasteiger partial charge in [0.15, 0.2) is 0 Å². The summed E-state index contributed by atoms with van der Waals surface area (Å²) in [6.07, 6.45) is 1.85. The number of hydrogen-bond acceptors (Lipinski definition) is 2. The summed E-state index contributed by atoms with van der Waals surface area (Å²) in [5.41, 5.74) is 6.92. The van der Waals surface area contributed by atoms with Crippen molar-refractivity contribution in [1.29, 1.82) is 0 Å². The van der Waals surface area contributed by atoms with E-state index in [4.69, 9.17) is 5.73 Å². The van der Waals surface area contributed by atoms with Gasteiger partial charge in [-0.1, -0.05) is 0 Å². The summed E-state index contributed by atoms with van der Waals surface area (Å²) in [7, 11) is 0. The van der Waals surface area contributed by atoms with Gasteiger partial charge in [-0.3, -0.25) is 4.79 Å². The highest BCUT2D eigenvalue weighted by molar-refractivity contribution is 9.10. The minimum atomic E-state index is 0.0494. The molecule has 0 bridgehead atoms. The molecule has 0 fully saturated rings. The molecule has 0 aromatic carbocycles. The molecule has 3 nitrogen and oxygen atoms in total. The molecule has 0 radical (unpaired) electrons. The summed E-state index contributed by atoms with van der Waals surface area (Å²) < 4.78 is 2.78. The number of hydrogen-bond donors (Lipinski definition) is 1. The molecule has 13 heavy (non-hydrogen) atoms. The largest absolute Gasteiger partial charge is 0.326 e. The van der Waals surface area contributed by atoms with E-state index in [1.165, 1.54) is 0 Å². The number of aromatic nitrogens is 1. The van der Waals surface area contributed by atoms with E-state index in [9.17, 15) is 4.79 Å². The van der Waals surface area contributed by atoms with E-state index in [2.05, 4.69) is 15.9 Å². The smallest absolute Gasteiger partial charge is 0.250 e. The molecule has 1 aromatic rings. The van der Waals surface area contributed by atoms with Crippen LogP contribution in [0.5, 0.6) is 0 Å². The molecule has 1 unspecified atom stereocenters. The quantitative estimate of drug-likeness (QED) is 0.735. The lowest BCUT2D eigenvalue weighted by atomic mass is 10.0. The van der Waals surface area contributed by atoms with Gasteiger partial charge in [-0.05, 0) is 34.8 Å². The lowest BCUT2D eigenvalue weighted by Gasteiger charge is -2.23. The van der Waals surface area contributed by atoms with Gasteiger partial charge in [0.2, 0.25) is 0 Å². The van der Waals surface area contributed by atoms with Crippen molar-refractivity contribution in [3.8, 4) is 0 Å². The molecular weight excluding hydrogens is 232 g/mol. The van der Waals surface area contributed by atoms with Gasteiger partial charge in [0.05, 0.1) is 0 Å². The number of halogens is 1. The molecule has 4 heteroatoms. The van der Waals surface area contributed by atoms with E-state index in [0.29, 0.717) is 6.54 Å². The fourth-order valence-electron chi connectivity index (χ4n) is 1.70. The second kappa shape index (κ2) is 3.27. The van der Waals surface area contributed by atoms with Gasteiger partial charge in [-0.2, -0.15) is 0 Å². The van der Waals surface area contributed by atoms with Crippen LogP contribution < -0.4 is 11.3 Å². The van der Waals surface area contributed by atoms with Crippen molar-refractivity contribution in [3.63, 3.8) is 0 Å². The molecule has 1 aliphatic rings. The highest BCUT2D eigenvalue weighted by atomic mass is 79.9. The zero-order chi connectivity index (χ0) is 9.42. The predicted octanol–water partition coefficient (Wildman–Crippen LogP) is 0.884. The van der Waals surface area contributed by atoms with Gasteiger partial charge in [0.25, 0.3) is 5.56 Å². The molecule has 70 valence electrons. The molecule has 2 heterocycles. The molecule has 1 aromatic heterocycles. The second-order valence-corrected chi connectivity index (χ2v) is 4.23. The summed E-state index contributed by atoms with van der Waals surface area (Å²) in [4.78, 5) is 11.4. The van der Waals surface area contributed by atoms with Crippen LogP contribution in [0.25, 0.3) is 0 Å². The Kier molecular flexibility index (Phi) is 2.26. The lowest BCUT2D eigenvalue weighted by molar-refractivity contribution is 0.445. The van der Waals surface area contributed by atoms with E-state index in [1.807, 2.05) is 6.07 Å². The zero-order valence-corrected chi connectivity index (χ0v) is 8.75. The Balaban J connectivity index is 2.57. The van der Waals surface area contributed by atoms with Crippen LogP contribution >= 0.6 is 15.9 Å². The van der Waals surface area contributed by atoms with E-state index >= 15 is 0 Å². The Morgan fingerprint density at radius 1 is 1.54 bits per heavy atom. The number of rotatable bonds is 0.